The van der Waals surface area contributed by atoms with E-state index in [9.17, 15) is 9.90 Å². The van der Waals surface area contributed by atoms with Crippen LogP contribution in [0.1, 0.15) is 52.4 Å². The molecular weight excluding hydrogens is 240 g/mol. The zero-order valence-electron chi connectivity index (χ0n) is 11.9. The molecule has 0 radical (unpaired) electrons. The van der Waals surface area contributed by atoms with Gasteiger partial charge in [-0.3, -0.25) is 0 Å². The Morgan fingerprint density at radius 1 is 1.32 bits per heavy atom. The maximum Gasteiger partial charge on any atom is 0.330 e. The summed E-state index contributed by atoms with van der Waals surface area (Å²) < 4.78 is 5.75. The lowest BCUT2D eigenvalue weighted by Gasteiger charge is -2.64. The van der Waals surface area contributed by atoms with E-state index in [-0.39, 0.29) is 17.0 Å². The molecular formula is C16H24O3. The molecule has 2 atom stereocenters. The number of carbonyl (C=O) groups excluding carboxylic acids is 1. The third kappa shape index (κ3) is 1.94. The predicted octanol–water partition coefficient (Wildman–Crippen LogP) is 2.83. The average molecular weight is 264 g/mol. The highest BCUT2D eigenvalue weighted by Crippen LogP contribution is 2.65. The monoisotopic (exact) mass is 264 g/mol. The van der Waals surface area contributed by atoms with Gasteiger partial charge in [-0.2, -0.15) is 0 Å². The highest BCUT2D eigenvalue weighted by Gasteiger charge is 2.63. The number of ether oxygens (including phenoxy) is 1. The van der Waals surface area contributed by atoms with Crippen molar-refractivity contribution in [2.24, 2.45) is 17.3 Å². The van der Waals surface area contributed by atoms with Crippen LogP contribution < -0.4 is 0 Å². The molecule has 4 fully saturated rings. The number of rotatable bonds is 3. The van der Waals surface area contributed by atoms with Crippen molar-refractivity contribution in [3.63, 3.8) is 0 Å². The maximum atomic E-state index is 11.6. The van der Waals surface area contributed by atoms with Gasteiger partial charge in [0.1, 0.15) is 5.60 Å². The molecule has 3 heteroatoms. The van der Waals surface area contributed by atoms with Crippen LogP contribution in [-0.4, -0.2) is 22.3 Å². The molecule has 0 amide bonds. The van der Waals surface area contributed by atoms with Crippen molar-refractivity contribution in [3.8, 4) is 0 Å². The first kappa shape index (κ1) is 13.2. The average Bonchev–Trinajstić information content (AvgIpc) is 2.24. The first-order chi connectivity index (χ1) is 8.78. The van der Waals surface area contributed by atoms with E-state index in [2.05, 4.69) is 6.58 Å². The van der Waals surface area contributed by atoms with E-state index in [0.717, 1.165) is 32.1 Å². The van der Waals surface area contributed by atoms with Crippen LogP contribution in [0, 0.1) is 17.3 Å². The summed E-state index contributed by atoms with van der Waals surface area (Å²) in [4.78, 5) is 11.6. The number of carbonyl (C=O) groups is 1. The molecule has 19 heavy (non-hydrogen) atoms. The molecule has 0 heterocycles. The highest BCUT2D eigenvalue weighted by molar-refractivity contribution is 5.81. The molecule has 3 nitrogen and oxygen atoms in total. The van der Waals surface area contributed by atoms with Crippen LogP contribution >= 0.6 is 0 Å². The van der Waals surface area contributed by atoms with Crippen LogP contribution in [0.3, 0.4) is 0 Å². The molecule has 0 aromatic rings. The third-order valence-corrected chi connectivity index (χ3v) is 5.79. The van der Waals surface area contributed by atoms with Crippen LogP contribution in [0.25, 0.3) is 0 Å². The van der Waals surface area contributed by atoms with Gasteiger partial charge < -0.3 is 9.84 Å². The van der Waals surface area contributed by atoms with Crippen molar-refractivity contribution in [2.45, 2.75) is 63.6 Å². The van der Waals surface area contributed by atoms with Crippen molar-refractivity contribution in [3.05, 3.63) is 12.7 Å². The van der Waals surface area contributed by atoms with Gasteiger partial charge in [-0.15, -0.1) is 0 Å². The molecule has 4 saturated carbocycles. The van der Waals surface area contributed by atoms with Gasteiger partial charge in [-0.25, -0.2) is 4.79 Å². The van der Waals surface area contributed by atoms with Crippen molar-refractivity contribution < 1.29 is 14.6 Å². The molecule has 0 aromatic heterocycles. The van der Waals surface area contributed by atoms with Gasteiger partial charge >= 0.3 is 5.97 Å². The molecule has 0 aromatic carbocycles. The van der Waals surface area contributed by atoms with Gasteiger partial charge in [-0.05, 0) is 64.2 Å². The van der Waals surface area contributed by atoms with E-state index in [1.165, 1.54) is 12.5 Å². The molecule has 106 valence electrons. The van der Waals surface area contributed by atoms with Gasteiger partial charge in [0.25, 0.3) is 0 Å². The summed E-state index contributed by atoms with van der Waals surface area (Å²) in [5, 5.41) is 10.6. The molecule has 4 aliphatic rings. The minimum absolute atomic E-state index is 0.0709. The normalized spacial score (nSPS) is 44.2. The lowest BCUT2D eigenvalue weighted by Crippen LogP contribution is -2.63. The second kappa shape index (κ2) is 3.85. The summed E-state index contributed by atoms with van der Waals surface area (Å²) in [6.07, 6.45) is 7.43. The lowest BCUT2D eigenvalue weighted by molar-refractivity contribution is -0.231. The standard InChI is InChI=1S/C16H24O3/c1-4-13(17)19-16-8-11-5-12(9-16)7-15(6-11,10-16)14(2,3)18/h4,11-12,18H,1,5-10H2,2-3H3. The van der Waals surface area contributed by atoms with Crippen molar-refractivity contribution in [1.29, 1.82) is 0 Å². The fraction of sp³-hybridized carbons (Fsp3) is 0.812. The number of hydrogen-bond donors (Lipinski definition) is 1. The highest BCUT2D eigenvalue weighted by atomic mass is 16.6. The van der Waals surface area contributed by atoms with E-state index in [0.29, 0.717) is 11.8 Å². The van der Waals surface area contributed by atoms with Crippen LogP contribution in [0.5, 0.6) is 0 Å². The van der Waals surface area contributed by atoms with E-state index >= 15 is 0 Å². The Bertz CT molecular complexity index is 404. The van der Waals surface area contributed by atoms with Gasteiger partial charge in [0.05, 0.1) is 5.60 Å². The Labute approximate surface area is 115 Å². The maximum absolute atomic E-state index is 11.6. The summed E-state index contributed by atoms with van der Waals surface area (Å²) in [5.74, 6) is 0.892. The number of aliphatic hydroxyl groups is 1. The van der Waals surface area contributed by atoms with Crippen molar-refractivity contribution in [2.75, 3.05) is 0 Å². The first-order valence-corrected chi connectivity index (χ1v) is 7.35. The quantitative estimate of drug-likeness (QED) is 0.630. The smallest absolute Gasteiger partial charge is 0.330 e. The molecule has 1 N–H and O–H groups in total. The Kier molecular flexibility index (Phi) is 2.66. The van der Waals surface area contributed by atoms with E-state index in [1.54, 1.807) is 0 Å². The Morgan fingerprint density at radius 2 is 1.89 bits per heavy atom. The molecule has 4 bridgehead atoms. The molecule has 4 aliphatic carbocycles. The summed E-state index contributed by atoms with van der Waals surface area (Å²) in [6.45, 7) is 7.34. The molecule has 0 saturated heterocycles. The zero-order chi connectivity index (χ0) is 13.9. The van der Waals surface area contributed by atoms with Gasteiger partial charge in [0.15, 0.2) is 0 Å². The van der Waals surface area contributed by atoms with E-state index in [4.69, 9.17) is 4.74 Å². The summed E-state index contributed by atoms with van der Waals surface area (Å²) in [6, 6.07) is 0. The second-order valence-electron chi connectivity index (χ2n) is 7.61. The Hall–Kier alpha value is -0.830. The molecule has 0 spiro atoms. The number of hydrogen-bond acceptors (Lipinski definition) is 3. The number of esters is 1. The minimum atomic E-state index is -0.698. The molecule has 4 rings (SSSR count). The molecule has 2 unspecified atom stereocenters. The topological polar surface area (TPSA) is 46.5 Å². The van der Waals surface area contributed by atoms with Crippen LogP contribution in [0.4, 0.5) is 0 Å². The van der Waals surface area contributed by atoms with Gasteiger partial charge in [-0.1, -0.05) is 6.58 Å². The summed E-state index contributed by atoms with van der Waals surface area (Å²) >= 11 is 0. The summed E-state index contributed by atoms with van der Waals surface area (Å²) in [5.41, 5.74) is -1.11. The lowest BCUT2D eigenvalue weighted by atomic mass is 9.44. The van der Waals surface area contributed by atoms with E-state index in [1.807, 2.05) is 13.8 Å². The second-order valence-corrected chi connectivity index (χ2v) is 7.61. The van der Waals surface area contributed by atoms with Gasteiger partial charge in [0.2, 0.25) is 0 Å². The van der Waals surface area contributed by atoms with Crippen LogP contribution in [0.2, 0.25) is 0 Å². The van der Waals surface area contributed by atoms with Crippen molar-refractivity contribution >= 4 is 5.97 Å². The zero-order valence-corrected chi connectivity index (χ0v) is 11.9. The fourth-order valence-corrected chi connectivity index (χ4v) is 5.27. The van der Waals surface area contributed by atoms with E-state index < -0.39 is 5.60 Å². The van der Waals surface area contributed by atoms with Crippen molar-refractivity contribution in [1.82, 2.24) is 0 Å². The minimum Gasteiger partial charge on any atom is -0.456 e. The van der Waals surface area contributed by atoms with Crippen LogP contribution in [0.15, 0.2) is 12.7 Å². The molecule has 0 aliphatic heterocycles. The fourth-order valence-electron chi connectivity index (χ4n) is 5.27. The third-order valence-electron chi connectivity index (χ3n) is 5.79. The predicted molar refractivity (Wildman–Crippen MR) is 72.4 cm³/mol. The first-order valence-electron chi connectivity index (χ1n) is 7.35. The largest absolute Gasteiger partial charge is 0.456 e. The Morgan fingerprint density at radius 3 is 2.37 bits per heavy atom. The summed E-state index contributed by atoms with van der Waals surface area (Å²) in [7, 11) is 0. The SMILES string of the molecule is C=CC(=O)OC12CC3CC(C1)CC(C(C)(C)O)(C3)C2. The van der Waals surface area contributed by atoms with Gasteiger partial charge in [0, 0.05) is 11.5 Å². The Balaban J connectivity index is 1.93. The van der Waals surface area contributed by atoms with Crippen LogP contribution in [-0.2, 0) is 9.53 Å².